The van der Waals surface area contributed by atoms with Crippen LogP contribution in [0, 0.1) is 0 Å². The van der Waals surface area contributed by atoms with E-state index in [1.54, 1.807) is 37.4 Å². The number of amides is 1. The Bertz CT molecular complexity index is 613. The van der Waals surface area contributed by atoms with E-state index in [-0.39, 0.29) is 5.91 Å². The van der Waals surface area contributed by atoms with E-state index >= 15 is 0 Å². The zero-order valence-electron chi connectivity index (χ0n) is 12.5. The molecule has 0 saturated heterocycles. The topological polar surface area (TPSA) is 65.4 Å². The van der Waals surface area contributed by atoms with Gasteiger partial charge in [-0.25, -0.2) is 10.5 Å². The largest absolute Gasteiger partial charge is 0.481 e. The van der Waals surface area contributed by atoms with Gasteiger partial charge in [0.05, 0.1) is 6.61 Å². The number of hydrogen-bond donors (Lipinski definition) is 1. The SMILES string of the molecule is C[C@H](Oc1ccc(Cl)cc1)C(=O)NOCCc1nccn1C. The van der Waals surface area contributed by atoms with Crippen molar-refractivity contribution in [2.24, 2.45) is 7.05 Å². The standard InChI is InChI=1S/C15H18ClN3O3/c1-11(22-13-5-3-12(16)4-6-13)15(20)18-21-10-7-14-17-8-9-19(14)2/h3-6,8-9,11H,7,10H2,1-2H3,(H,18,20)/t11-/m0/s1. The molecule has 2 aromatic rings. The molecule has 0 spiro atoms. The summed E-state index contributed by atoms with van der Waals surface area (Å²) in [4.78, 5) is 21.1. The van der Waals surface area contributed by atoms with Gasteiger partial charge in [0.25, 0.3) is 5.91 Å². The Balaban J connectivity index is 1.70. The fourth-order valence-corrected chi connectivity index (χ4v) is 1.88. The highest BCUT2D eigenvalue weighted by Crippen LogP contribution is 2.16. The number of nitrogens with one attached hydrogen (secondary N) is 1. The van der Waals surface area contributed by atoms with Gasteiger partial charge in [-0.15, -0.1) is 0 Å². The van der Waals surface area contributed by atoms with E-state index in [2.05, 4.69) is 10.5 Å². The number of carbonyl (C=O) groups is 1. The van der Waals surface area contributed by atoms with Crippen molar-refractivity contribution in [3.05, 3.63) is 47.5 Å². The molecule has 0 aliphatic carbocycles. The van der Waals surface area contributed by atoms with Crippen molar-refractivity contribution >= 4 is 17.5 Å². The van der Waals surface area contributed by atoms with Gasteiger partial charge in [-0.05, 0) is 31.2 Å². The maximum Gasteiger partial charge on any atom is 0.284 e. The van der Waals surface area contributed by atoms with E-state index in [1.807, 2.05) is 17.8 Å². The number of imidazole rings is 1. The van der Waals surface area contributed by atoms with E-state index in [1.165, 1.54) is 0 Å². The van der Waals surface area contributed by atoms with Crippen LogP contribution in [0.15, 0.2) is 36.7 Å². The van der Waals surface area contributed by atoms with Crippen LogP contribution in [0.3, 0.4) is 0 Å². The van der Waals surface area contributed by atoms with Crippen LogP contribution in [0.5, 0.6) is 5.75 Å². The Morgan fingerprint density at radius 3 is 2.77 bits per heavy atom. The average Bonchev–Trinajstić information content (AvgIpc) is 2.91. The lowest BCUT2D eigenvalue weighted by Gasteiger charge is -2.14. The molecule has 0 aliphatic rings. The molecule has 1 heterocycles. The summed E-state index contributed by atoms with van der Waals surface area (Å²) < 4.78 is 7.39. The highest BCUT2D eigenvalue weighted by Gasteiger charge is 2.14. The van der Waals surface area contributed by atoms with E-state index in [0.29, 0.717) is 23.8 Å². The quantitative estimate of drug-likeness (QED) is 0.626. The van der Waals surface area contributed by atoms with Gasteiger partial charge in [-0.1, -0.05) is 11.6 Å². The molecule has 0 radical (unpaired) electrons. The van der Waals surface area contributed by atoms with Gasteiger partial charge in [0, 0.05) is 30.9 Å². The Hall–Kier alpha value is -2.05. The van der Waals surface area contributed by atoms with Gasteiger partial charge in [0.15, 0.2) is 6.10 Å². The maximum absolute atomic E-state index is 11.8. The Labute approximate surface area is 134 Å². The van der Waals surface area contributed by atoms with E-state index < -0.39 is 6.10 Å². The molecular formula is C15H18ClN3O3. The molecule has 1 aromatic carbocycles. The van der Waals surface area contributed by atoms with Crippen molar-refractivity contribution in [2.45, 2.75) is 19.4 Å². The number of hydroxylamine groups is 1. The van der Waals surface area contributed by atoms with Crippen LogP contribution >= 0.6 is 11.6 Å². The molecule has 1 atom stereocenters. The molecule has 0 saturated carbocycles. The number of aromatic nitrogens is 2. The minimum absolute atomic E-state index is 0.338. The fraction of sp³-hybridized carbons (Fsp3) is 0.333. The molecule has 6 nitrogen and oxygen atoms in total. The van der Waals surface area contributed by atoms with Gasteiger partial charge in [0.1, 0.15) is 11.6 Å². The smallest absolute Gasteiger partial charge is 0.284 e. The first-order valence-electron chi connectivity index (χ1n) is 6.86. The number of aryl methyl sites for hydroxylation is 1. The minimum atomic E-state index is -0.672. The zero-order valence-corrected chi connectivity index (χ0v) is 13.2. The zero-order chi connectivity index (χ0) is 15.9. The summed E-state index contributed by atoms with van der Waals surface area (Å²) in [6.07, 6.45) is 3.51. The molecule has 7 heteroatoms. The summed E-state index contributed by atoms with van der Waals surface area (Å²) in [6, 6.07) is 6.80. The number of benzene rings is 1. The van der Waals surface area contributed by atoms with E-state index in [9.17, 15) is 4.79 Å². The highest BCUT2D eigenvalue weighted by atomic mass is 35.5. The lowest BCUT2D eigenvalue weighted by Crippen LogP contribution is -2.36. The summed E-state index contributed by atoms with van der Waals surface area (Å²) in [5.74, 6) is 1.11. The van der Waals surface area contributed by atoms with E-state index in [4.69, 9.17) is 21.2 Å². The predicted molar refractivity (Wildman–Crippen MR) is 82.5 cm³/mol. The summed E-state index contributed by atoms with van der Waals surface area (Å²) in [5.41, 5.74) is 2.37. The Morgan fingerprint density at radius 2 is 2.14 bits per heavy atom. The van der Waals surface area contributed by atoms with Gasteiger partial charge < -0.3 is 9.30 Å². The number of halogens is 1. The molecule has 0 fully saturated rings. The molecule has 1 N–H and O–H groups in total. The number of nitrogens with zero attached hydrogens (tertiary/aromatic N) is 2. The van der Waals surface area contributed by atoms with Crippen LogP contribution in [0.4, 0.5) is 0 Å². The molecular weight excluding hydrogens is 306 g/mol. The second kappa shape index (κ2) is 7.82. The number of hydrogen-bond acceptors (Lipinski definition) is 4. The fourth-order valence-electron chi connectivity index (χ4n) is 1.76. The Morgan fingerprint density at radius 1 is 1.41 bits per heavy atom. The molecule has 118 valence electrons. The third-order valence-corrected chi connectivity index (χ3v) is 3.27. The van der Waals surface area contributed by atoms with Crippen molar-refractivity contribution < 1.29 is 14.4 Å². The molecule has 1 aromatic heterocycles. The van der Waals surface area contributed by atoms with Crippen molar-refractivity contribution in [1.29, 1.82) is 0 Å². The second-order valence-electron chi connectivity index (χ2n) is 4.73. The summed E-state index contributed by atoms with van der Waals surface area (Å²) in [5, 5.41) is 0.613. The number of carbonyl (C=O) groups excluding carboxylic acids is 1. The predicted octanol–water partition coefficient (Wildman–Crippen LogP) is 2.13. The highest BCUT2D eigenvalue weighted by molar-refractivity contribution is 6.30. The molecule has 2 rings (SSSR count). The molecule has 1 amide bonds. The third-order valence-electron chi connectivity index (χ3n) is 3.02. The lowest BCUT2D eigenvalue weighted by atomic mass is 10.3. The van der Waals surface area contributed by atoms with Crippen LogP contribution in [0.25, 0.3) is 0 Å². The molecule has 22 heavy (non-hydrogen) atoms. The third kappa shape index (κ3) is 4.75. The van der Waals surface area contributed by atoms with Gasteiger partial charge in [0.2, 0.25) is 0 Å². The summed E-state index contributed by atoms with van der Waals surface area (Å²) >= 11 is 5.79. The van der Waals surface area contributed by atoms with Gasteiger partial charge in [-0.2, -0.15) is 0 Å². The van der Waals surface area contributed by atoms with Crippen LogP contribution in [0.2, 0.25) is 5.02 Å². The molecule has 0 aliphatic heterocycles. The van der Waals surface area contributed by atoms with Crippen molar-refractivity contribution in [3.63, 3.8) is 0 Å². The maximum atomic E-state index is 11.8. The monoisotopic (exact) mass is 323 g/mol. The van der Waals surface area contributed by atoms with Crippen molar-refractivity contribution in [3.8, 4) is 5.75 Å². The first kappa shape index (κ1) is 16.3. The lowest BCUT2D eigenvalue weighted by molar-refractivity contribution is -0.140. The number of rotatable bonds is 7. The first-order valence-corrected chi connectivity index (χ1v) is 7.24. The molecule has 0 unspecified atom stereocenters. The van der Waals surface area contributed by atoms with Crippen LogP contribution in [-0.2, 0) is 23.1 Å². The number of ether oxygens (including phenoxy) is 1. The van der Waals surface area contributed by atoms with Crippen molar-refractivity contribution in [1.82, 2.24) is 15.0 Å². The summed E-state index contributed by atoms with van der Waals surface area (Å²) in [7, 11) is 1.91. The van der Waals surface area contributed by atoms with Crippen LogP contribution < -0.4 is 10.2 Å². The molecule has 0 bridgehead atoms. The normalized spacial score (nSPS) is 12.0. The first-order chi connectivity index (χ1) is 10.6. The van der Waals surface area contributed by atoms with Gasteiger partial charge in [-0.3, -0.25) is 9.63 Å². The minimum Gasteiger partial charge on any atom is -0.481 e. The van der Waals surface area contributed by atoms with Crippen LogP contribution in [0.1, 0.15) is 12.7 Å². The van der Waals surface area contributed by atoms with Crippen LogP contribution in [-0.4, -0.2) is 28.2 Å². The van der Waals surface area contributed by atoms with Crippen molar-refractivity contribution in [2.75, 3.05) is 6.61 Å². The Kier molecular flexibility index (Phi) is 5.80. The average molecular weight is 324 g/mol. The van der Waals surface area contributed by atoms with Gasteiger partial charge >= 0.3 is 0 Å². The second-order valence-corrected chi connectivity index (χ2v) is 5.17. The summed E-state index contributed by atoms with van der Waals surface area (Å²) in [6.45, 7) is 1.98. The van der Waals surface area contributed by atoms with E-state index in [0.717, 1.165) is 5.82 Å².